The lowest BCUT2D eigenvalue weighted by atomic mass is 9.94. The van der Waals surface area contributed by atoms with Gasteiger partial charge in [0.1, 0.15) is 17.3 Å². The number of ether oxygens (including phenoxy) is 2. The van der Waals surface area contributed by atoms with Gasteiger partial charge in [-0.1, -0.05) is 6.07 Å². The van der Waals surface area contributed by atoms with E-state index in [1.807, 2.05) is 6.07 Å². The number of hydrogen-bond donors (Lipinski definition) is 1. The molecule has 1 saturated heterocycles. The number of hydrazine groups is 1. The van der Waals surface area contributed by atoms with Crippen LogP contribution in [0.2, 0.25) is 0 Å². The summed E-state index contributed by atoms with van der Waals surface area (Å²) in [5, 5.41) is 1.09. The maximum Gasteiger partial charge on any atom is 0.250 e. The van der Waals surface area contributed by atoms with E-state index >= 15 is 0 Å². The second kappa shape index (κ2) is 5.45. The lowest BCUT2D eigenvalue weighted by molar-refractivity contribution is -0.121. The van der Waals surface area contributed by atoms with Gasteiger partial charge in [-0.25, -0.2) is 13.8 Å². The van der Waals surface area contributed by atoms with Crippen molar-refractivity contribution in [1.29, 1.82) is 0 Å². The molecule has 0 saturated carbocycles. The van der Waals surface area contributed by atoms with Crippen molar-refractivity contribution in [3.8, 4) is 11.5 Å². The number of nitrogens with zero attached hydrogens (tertiary/aromatic N) is 1. The quantitative estimate of drug-likeness (QED) is 0.918. The molecular formula is C17H14F2N2O3. The highest BCUT2D eigenvalue weighted by Crippen LogP contribution is 2.37. The highest BCUT2D eigenvalue weighted by molar-refractivity contribution is 5.97. The molecule has 2 unspecified atom stereocenters. The Morgan fingerprint density at radius 2 is 2.08 bits per heavy atom. The predicted octanol–water partition coefficient (Wildman–Crippen LogP) is 2.40. The molecule has 7 heteroatoms. The van der Waals surface area contributed by atoms with E-state index < -0.39 is 23.8 Å². The Morgan fingerprint density at radius 1 is 1.25 bits per heavy atom. The second-order valence-electron chi connectivity index (χ2n) is 5.72. The highest BCUT2D eigenvalue weighted by Gasteiger charge is 2.46. The van der Waals surface area contributed by atoms with Crippen LogP contribution in [0.3, 0.4) is 0 Å². The summed E-state index contributed by atoms with van der Waals surface area (Å²) in [6.07, 6.45) is -0.142. The number of carbonyl (C=O) groups is 1. The minimum absolute atomic E-state index is 0.0268. The van der Waals surface area contributed by atoms with E-state index in [-0.39, 0.29) is 11.6 Å². The summed E-state index contributed by atoms with van der Waals surface area (Å²) in [5.41, 5.74) is 3.71. The van der Waals surface area contributed by atoms with Crippen molar-refractivity contribution >= 4 is 11.6 Å². The smallest absolute Gasteiger partial charge is 0.250 e. The van der Waals surface area contributed by atoms with Crippen molar-refractivity contribution in [3.05, 3.63) is 53.6 Å². The van der Waals surface area contributed by atoms with Crippen LogP contribution in [0, 0.1) is 17.6 Å². The van der Waals surface area contributed by atoms with E-state index in [4.69, 9.17) is 9.47 Å². The van der Waals surface area contributed by atoms with Gasteiger partial charge in [0.25, 0.3) is 0 Å². The average molecular weight is 332 g/mol. The van der Waals surface area contributed by atoms with Crippen molar-refractivity contribution in [1.82, 2.24) is 5.43 Å². The third kappa shape index (κ3) is 2.28. The van der Waals surface area contributed by atoms with Crippen LogP contribution in [0.1, 0.15) is 5.56 Å². The number of methoxy groups -OCH3 is 1. The molecule has 24 heavy (non-hydrogen) atoms. The fraction of sp³-hybridized carbons (Fsp3) is 0.235. The van der Waals surface area contributed by atoms with Gasteiger partial charge in [0.15, 0.2) is 12.0 Å². The Morgan fingerprint density at radius 3 is 2.83 bits per heavy atom. The SMILES string of the molecule is COc1ccc2c(c1)OC1NN(c3ccc(F)cc3F)C(=O)C1C2. The van der Waals surface area contributed by atoms with Gasteiger partial charge in [-0.05, 0) is 30.2 Å². The molecule has 0 spiro atoms. The Labute approximate surface area is 136 Å². The summed E-state index contributed by atoms with van der Waals surface area (Å²) in [6, 6.07) is 8.47. The molecule has 124 valence electrons. The number of carbonyl (C=O) groups excluding carboxylic acids is 1. The zero-order valence-electron chi connectivity index (χ0n) is 12.8. The number of hydrogen-bond acceptors (Lipinski definition) is 4. The molecule has 2 aromatic rings. The summed E-state index contributed by atoms with van der Waals surface area (Å²) in [5.74, 6) is -1.03. The molecule has 1 amide bonds. The summed E-state index contributed by atoms with van der Waals surface area (Å²) in [6.45, 7) is 0. The minimum Gasteiger partial charge on any atom is -0.497 e. The monoisotopic (exact) mass is 332 g/mol. The largest absolute Gasteiger partial charge is 0.497 e. The first-order valence-electron chi connectivity index (χ1n) is 7.45. The molecule has 5 nitrogen and oxygen atoms in total. The Balaban J connectivity index is 1.64. The number of anilines is 1. The maximum absolute atomic E-state index is 14.0. The van der Waals surface area contributed by atoms with E-state index in [1.165, 1.54) is 6.07 Å². The molecule has 1 N–H and O–H groups in total. The molecule has 0 aliphatic carbocycles. The van der Waals surface area contributed by atoms with Gasteiger partial charge >= 0.3 is 0 Å². The van der Waals surface area contributed by atoms with Crippen LogP contribution in [0.4, 0.5) is 14.5 Å². The molecule has 2 atom stereocenters. The predicted molar refractivity (Wildman–Crippen MR) is 81.6 cm³/mol. The number of nitrogens with one attached hydrogen (secondary N) is 1. The third-order valence-corrected chi connectivity index (χ3v) is 4.28. The van der Waals surface area contributed by atoms with Crippen molar-refractivity contribution < 1.29 is 23.0 Å². The molecule has 2 aromatic carbocycles. The molecule has 4 rings (SSSR count). The molecular weight excluding hydrogens is 318 g/mol. The fourth-order valence-electron chi connectivity index (χ4n) is 3.04. The molecule has 2 heterocycles. The van der Waals surface area contributed by atoms with Crippen LogP contribution in [-0.4, -0.2) is 19.2 Å². The number of benzene rings is 2. The summed E-state index contributed by atoms with van der Waals surface area (Å²) in [4.78, 5) is 12.6. The molecule has 2 aliphatic heterocycles. The van der Waals surface area contributed by atoms with Crippen molar-refractivity contribution in [2.24, 2.45) is 5.92 Å². The number of halogens is 2. The Kier molecular flexibility index (Phi) is 3.38. The van der Waals surface area contributed by atoms with Crippen LogP contribution in [-0.2, 0) is 11.2 Å². The Hall–Kier alpha value is -2.67. The van der Waals surface area contributed by atoms with Crippen LogP contribution < -0.4 is 19.9 Å². The van der Waals surface area contributed by atoms with Crippen LogP contribution in [0.15, 0.2) is 36.4 Å². The molecule has 0 aromatic heterocycles. The second-order valence-corrected chi connectivity index (χ2v) is 5.72. The van der Waals surface area contributed by atoms with Gasteiger partial charge in [0.05, 0.1) is 18.7 Å². The summed E-state index contributed by atoms with van der Waals surface area (Å²) in [7, 11) is 1.56. The zero-order valence-corrected chi connectivity index (χ0v) is 12.8. The number of fused-ring (bicyclic) bond motifs is 2. The van der Waals surface area contributed by atoms with Crippen molar-refractivity contribution in [2.75, 3.05) is 12.1 Å². The molecule has 0 bridgehead atoms. The molecule has 1 fully saturated rings. The third-order valence-electron chi connectivity index (χ3n) is 4.28. The first kappa shape index (κ1) is 14.9. The van der Waals surface area contributed by atoms with Gasteiger partial charge in [0, 0.05) is 12.1 Å². The van der Waals surface area contributed by atoms with Gasteiger partial charge in [-0.2, -0.15) is 5.43 Å². The highest BCUT2D eigenvalue weighted by atomic mass is 19.1. The van der Waals surface area contributed by atoms with Crippen molar-refractivity contribution in [2.45, 2.75) is 12.6 Å². The van der Waals surface area contributed by atoms with Crippen LogP contribution in [0.25, 0.3) is 0 Å². The van der Waals surface area contributed by atoms with Gasteiger partial charge < -0.3 is 9.47 Å². The fourth-order valence-corrected chi connectivity index (χ4v) is 3.04. The van der Waals surface area contributed by atoms with Gasteiger partial charge in [-0.15, -0.1) is 0 Å². The zero-order chi connectivity index (χ0) is 16.8. The average Bonchev–Trinajstić information content (AvgIpc) is 2.88. The first-order chi connectivity index (χ1) is 11.6. The first-order valence-corrected chi connectivity index (χ1v) is 7.45. The lowest BCUT2D eigenvalue weighted by Gasteiger charge is -2.26. The summed E-state index contributed by atoms with van der Waals surface area (Å²) >= 11 is 0. The van der Waals surface area contributed by atoms with E-state index in [0.29, 0.717) is 17.9 Å². The van der Waals surface area contributed by atoms with E-state index in [9.17, 15) is 13.6 Å². The maximum atomic E-state index is 14.0. The van der Waals surface area contributed by atoms with Crippen LogP contribution >= 0.6 is 0 Å². The molecule has 0 radical (unpaired) electrons. The van der Waals surface area contributed by atoms with E-state index in [2.05, 4.69) is 5.43 Å². The van der Waals surface area contributed by atoms with E-state index in [0.717, 1.165) is 22.7 Å². The van der Waals surface area contributed by atoms with Gasteiger partial charge in [0.2, 0.25) is 5.91 Å². The minimum atomic E-state index is -0.811. The van der Waals surface area contributed by atoms with E-state index in [1.54, 1.807) is 19.2 Å². The molecule has 2 aliphatic rings. The number of amides is 1. The van der Waals surface area contributed by atoms with Crippen LogP contribution in [0.5, 0.6) is 11.5 Å². The lowest BCUT2D eigenvalue weighted by Crippen LogP contribution is -2.41. The standard InChI is InChI=1S/C17H14F2N2O3/c1-23-11-4-2-9-6-12-16(24-15(9)8-11)20-21(17(12)22)14-5-3-10(18)7-13(14)19/h2-5,7-8,12,16,20H,6H2,1H3. The normalized spacial score (nSPS) is 22.0. The Bertz CT molecular complexity index is 827. The summed E-state index contributed by atoms with van der Waals surface area (Å²) < 4.78 is 38.1. The topological polar surface area (TPSA) is 50.8 Å². The van der Waals surface area contributed by atoms with Crippen molar-refractivity contribution in [3.63, 3.8) is 0 Å². The van der Waals surface area contributed by atoms with Gasteiger partial charge in [-0.3, -0.25) is 4.79 Å². The number of rotatable bonds is 2.